The quantitative estimate of drug-likeness (QED) is 0.648. The Hall–Kier alpha value is -1.83. The van der Waals surface area contributed by atoms with E-state index in [1.807, 2.05) is 48.2 Å². The zero-order chi connectivity index (χ0) is 20.2. The first-order valence-corrected chi connectivity index (χ1v) is 10.4. The number of nitrogens with one attached hydrogen (secondary N) is 1. The first-order valence-electron chi connectivity index (χ1n) is 8.78. The minimum Gasteiger partial charge on any atom is -0.467 e. The molecule has 0 saturated carbocycles. The molecule has 1 N–H and O–H groups in total. The highest BCUT2D eigenvalue weighted by atomic mass is 79.9. The molecule has 0 spiro atoms. The van der Waals surface area contributed by atoms with Gasteiger partial charge in [-0.3, -0.25) is 9.69 Å². The number of amides is 1. The molecule has 0 unspecified atom stereocenters. The zero-order valence-corrected chi connectivity index (χ0v) is 18.7. The second-order valence-electron chi connectivity index (χ2n) is 7.29. The van der Waals surface area contributed by atoms with Crippen LogP contribution >= 0.6 is 39.7 Å². The summed E-state index contributed by atoms with van der Waals surface area (Å²) < 4.78 is 7.44. The maximum absolute atomic E-state index is 13.2. The summed E-state index contributed by atoms with van der Waals surface area (Å²) in [6.07, 6.45) is 0. The van der Waals surface area contributed by atoms with Crippen molar-refractivity contribution in [1.29, 1.82) is 0 Å². The first-order chi connectivity index (χ1) is 13.2. The number of carbonyl (C=O) groups is 1. The van der Waals surface area contributed by atoms with Gasteiger partial charge in [0.15, 0.2) is 10.8 Å². The van der Waals surface area contributed by atoms with Crippen molar-refractivity contribution in [2.45, 2.75) is 18.7 Å². The largest absolute Gasteiger partial charge is 0.467 e. The molecule has 2 bridgehead atoms. The van der Waals surface area contributed by atoms with E-state index in [9.17, 15) is 4.79 Å². The molecule has 2 aromatic carbocycles. The van der Waals surface area contributed by atoms with Crippen molar-refractivity contribution in [3.8, 4) is 5.75 Å². The molecule has 2 heterocycles. The summed E-state index contributed by atoms with van der Waals surface area (Å²) in [6, 6.07) is 12.9. The van der Waals surface area contributed by atoms with Crippen LogP contribution in [0.2, 0.25) is 5.02 Å². The topological polar surface area (TPSA) is 44.8 Å². The highest BCUT2D eigenvalue weighted by Crippen LogP contribution is 2.50. The Balaban J connectivity index is 1.91. The number of anilines is 1. The van der Waals surface area contributed by atoms with Gasteiger partial charge in [0.05, 0.1) is 6.04 Å². The van der Waals surface area contributed by atoms with Crippen molar-refractivity contribution in [3.05, 3.63) is 57.5 Å². The van der Waals surface area contributed by atoms with E-state index in [1.165, 1.54) is 0 Å². The van der Waals surface area contributed by atoms with Crippen molar-refractivity contribution in [2.24, 2.45) is 5.92 Å². The molecule has 3 atom stereocenters. The summed E-state index contributed by atoms with van der Waals surface area (Å²) in [6.45, 7) is 1.92. The Morgan fingerprint density at radius 1 is 1.29 bits per heavy atom. The second kappa shape index (κ2) is 6.90. The Morgan fingerprint density at radius 3 is 2.61 bits per heavy atom. The van der Waals surface area contributed by atoms with Crippen molar-refractivity contribution >= 4 is 56.5 Å². The smallest absolute Gasteiger partial charge is 0.233 e. The van der Waals surface area contributed by atoms with Crippen molar-refractivity contribution < 1.29 is 9.53 Å². The van der Waals surface area contributed by atoms with Gasteiger partial charge in [0, 0.05) is 34.8 Å². The molecule has 146 valence electrons. The van der Waals surface area contributed by atoms with Crippen LogP contribution in [0.5, 0.6) is 5.75 Å². The van der Waals surface area contributed by atoms with Gasteiger partial charge in [0.1, 0.15) is 11.7 Å². The van der Waals surface area contributed by atoms with E-state index < -0.39 is 11.6 Å². The van der Waals surface area contributed by atoms with E-state index in [0.29, 0.717) is 15.9 Å². The standard InChI is InChI=1S/C20H19BrClN3O2S/c1-20-16(18(26)24(2)3)17(14-10-12(22)6-9-15(14)27-20)23-19(28)25(20)13-7-4-11(21)5-8-13/h4-10,16-17H,1-3H3,(H,23,28)/t16-,17+,20+/m1/s1. The van der Waals surface area contributed by atoms with Crippen LogP contribution < -0.4 is 15.0 Å². The van der Waals surface area contributed by atoms with E-state index >= 15 is 0 Å². The molecule has 5 nitrogen and oxygen atoms in total. The van der Waals surface area contributed by atoms with Crippen LogP contribution in [0.25, 0.3) is 0 Å². The number of hydrogen-bond acceptors (Lipinski definition) is 3. The summed E-state index contributed by atoms with van der Waals surface area (Å²) in [5, 5.41) is 4.46. The predicted octanol–water partition coefficient (Wildman–Crippen LogP) is 4.35. The minimum absolute atomic E-state index is 0.0461. The predicted molar refractivity (Wildman–Crippen MR) is 118 cm³/mol. The van der Waals surface area contributed by atoms with Crippen LogP contribution in [0.15, 0.2) is 46.9 Å². The summed E-state index contributed by atoms with van der Waals surface area (Å²) in [5.41, 5.74) is 0.682. The highest BCUT2D eigenvalue weighted by Gasteiger charge is 2.59. The van der Waals surface area contributed by atoms with Crippen LogP contribution in [0.1, 0.15) is 18.5 Å². The third kappa shape index (κ3) is 2.96. The number of fused-ring (bicyclic) bond motifs is 4. The van der Waals surface area contributed by atoms with Gasteiger partial charge in [-0.25, -0.2) is 0 Å². The molecule has 1 saturated heterocycles. The molecule has 1 fully saturated rings. The van der Waals surface area contributed by atoms with Gasteiger partial charge in [-0.2, -0.15) is 0 Å². The van der Waals surface area contributed by atoms with E-state index in [2.05, 4.69) is 21.2 Å². The van der Waals surface area contributed by atoms with Crippen molar-refractivity contribution in [2.75, 3.05) is 19.0 Å². The summed E-state index contributed by atoms with van der Waals surface area (Å²) in [7, 11) is 3.49. The van der Waals surface area contributed by atoms with Gasteiger partial charge in [-0.05, 0) is 61.6 Å². The van der Waals surface area contributed by atoms with Crippen molar-refractivity contribution in [3.63, 3.8) is 0 Å². The average Bonchev–Trinajstić information content (AvgIpc) is 2.63. The number of halogens is 2. The fourth-order valence-corrected chi connectivity index (χ4v) is 4.85. The maximum Gasteiger partial charge on any atom is 0.233 e. The lowest BCUT2D eigenvalue weighted by atomic mass is 9.78. The van der Waals surface area contributed by atoms with Crippen LogP contribution in [-0.2, 0) is 4.79 Å². The normalized spacial score (nSPS) is 25.5. The minimum atomic E-state index is -0.997. The molecular weight excluding hydrogens is 462 g/mol. The molecule has 2 aliphatic rings. The van der Waals surface area contributed by atoms with Gasteiger partial charge in [-0.1, -0.05) is 27.5 Å². The SMILES string of the molecule is CN(C)C(=O)[C@H]1[C@H]2NC(=S)N(c3ccc(Br)cc3)[C@@]1(C)Oc1ccc(Cl)cc12. The van der Waals surface area contributed by atoms with Gasteiger partial charge >= 0.3 is 0 Å². The number of thiocarbonyl (C=S) groups is 1. The fourth-order valence-electron chi connectivity index (χ4n) is 3.99. The highest BCUT2D eigenvalue weighted by molar-refractivity contribution is 9.10. The molecule has 4 rings (SSSR count). The fraction of sp³-hybridized carbons (Fsp3) is 0.300. The molecule has 1 amide bonds. The number of carbonyl (C=O) groups excluding carboxylic acids is 1. The van der Waals surface area contributed by atoms with E-state index in [0.717, 1.165) is 15.7 Å². The molecule has 28 heavy (non-hydrogen) atoms. The monoisotopic (exact) mass is 479 g/mol. The Bertz CT molecular complexity index is 968. The summed E-state index contributed by atoms with van der Waals surface area (Å²) in [5.74, 6) is 0.121. The molecule has 8 heteroatoms. The van der Waals surface area contributed by atoms with Crippen molar-refractivity contribution in [1.82, 2.24) is 10.2 Å². The molecular formula is C20H19BrClN3O2S. The number of hydrogen-bond donors (Lipinski definition) is 1. The Kier molecular flexibility index (Phi) is 4.80. The number of rotatable bonds is 2. The third-order valence-electron chi connectivity index (χ3n) is 5.25. The van der Waals surface area contributed by atoms with Crippen LogP contribution in [0, 0.1) is 5.92 Å². The number of benzene rings is 2. The summed E-state index contributed by atoms with van der Waals surface area (Å²) >= 11 is 15.4. The van der Waals surface area contributed by atoms with E-state index in [-0.39, 0.29) is 11.9 Å². The van der Waals surface area contributed by atoms with Crippen LogP contribution in [0.4, 0.5) is 5.69 Å². The van der Waals surface area contributed by atoms with E-state index in [4.69, 9.17) is 28.6 Å². The maximum atomic E-state index is 13.2. The second-order valence-corrected chi connectivity index (χ2v) is 9.03. The lowest BCUT2D eigenvalue weighted by molar-refractivity contribution is -0.144. The van der Waals surface area contributed by atoms with Crippen LogP contribution in [-0.4, -0.2) is 35.7 Å². The molecule has 2 aliphatic heterocycles. The number of nitrogens with zero attached hydrogens (tertiary/aromatic N) is 2. The van der Waals surface area contributed by atoms with Crippen LogP contribution in [0.3, 0.4) is 0 Å². The summed E-state index contributed by atoms with van der Waals surface area (Å²) in [4.78, 5) is 16.7. The Labute approximate surface area is 182 Å². The number of ether oxygens (including phenoxy) is 1. The Morgan fingerprint density at radius 2 is 1.96 bits per heavy atom. The van der Waals surface area contributed by atoms with Gasteiger partial charge < -0.3 is 15.0 Å². The van der Waals surface area contributed by atoms with Gasteiger partial charge in [0.2, 0.25) is 5.91 Å². The lowest BCUT2D eigenvalue weighted by Gasteiger charge is -2.56. The molecule has 2 aromatic rings. The molecule has 0 radical (unpaired) electrons. The average molecular weight is 481 g/mol. The van der Waals surface area contributed by atoms with Gasteiger partial charge in [-0.15, -0.1) is 0 Å². The first kappa shape index (κ1) is 19.5. The van der Waals surface area contributed by atoms with E-state index in [1.54, 1.807) is 25.1 Å². The molecule has 0 aliphatic carbocycles. The zero-order valence-electron chi connectivity index (χ0n) is 15.6. The third-order valence-corrected chi connectivity index (χ3v) is 6.32. The molecule has 0 aromatic heterocycles. The van der Waals surface area contributed by atoms with Gasteiger partial charge in [0.25, 0.3) is 0 Å². The lowest BCUT2D eigenvalue weighted by Crippen LogP contribution is -2.72.